The van der Waals surface area contributed by atoms with Crippen molar-refractivity contribution >= 4 is 11.8 Å². The third kappa shape index (κ3) is 4.85. The predicted octanol–water partition coefficient (Wildman–Crippen LogP) is 3.08. The lowest BCUT2D eigenvalue weighted by Crippen LogP contribution is -2.45. The van der Waals surface area contributed by atoms with Crippen LogP contribution in [0.5, 0.6) is 0 Å². The van der Waals surface area contributed by atoms with Crippen molar-refractivity contribution < 1.29 is 27.2 Å². The largest absolute Gasteiger partial charge is 0.459 e. The van der Waals surface area contributed by atoms with Crippen LogP contribution in [0.4, 0.5) is 13.2 Å². The monoisotopic (exact) mass is 354 g/mol. The third-order valence-corrected chi connectivity index (χ3v) is 3.54. The summed E-state index contributed by atoms with van der Waals surface area (Å²) in [5.41, 5.74) is -0.197. The van der Waals surface area contributed by atoms with Gasteiger partial charge in [-0.05, 0) is 36.8 Å². The van der Waals surface area contributed by atoms with Gasteiger partial charge in [0.15, 0.2) is 5.76 Å². The van der Waals surface area contributed by atoms with E-state index in [1.54, 1.807) is 6.07 Å². The number of rotatable bonds is 5. The van der Waals surface area contributed by atoms with E-state index in [1.807, 2.05) is 0 Å². The van der Waals surface area contributed by atoms with Crippen LogP contribution in [0.3, 0.4) is 0 Å². The molecule has 134 valence electrons. The van der Waals surface area contributed by atoms with Crippen molar-refractivity contribution in [2.45, 2.75) is 25.7 Å². The van der Waals surface area contributed by atoms with E-state index >= 15 is 0 Å². The molecule has 0 saturated heterocycles. The lowest BCUT2D eigenvalue weighted by molar-refractivity contribution is -0.137. The maximum atomic E-state index is 12.5. The molecule has 0 unspecified atom stereocenters. The Morgan fingerprint density at radius 2 is 1.84 bits per heavy atom. The van der Waals surface area contributed by atoms with Crippen molar-refractivity contribution in [3.8, 4) is 0 Å². The number of benzene rings is 1. The first-order valence-corrected chi connectivity index (χ1v) is 7.44. The second-order valence-electron chi connectivity index (χ2n) is 5.56. The first-order chi connectivity index (χ1) is 11.7. The number of hydrogen-bond donors (Lipinski definition) is 1. The van der Waals surface area contributed by atoms with Crippen LogP contribution in [0.25, 0.3) is 0 Å². The number of carbonyl (C=O) groups excluding carboxylic acids is 2. The third-order valence-electron chi connectivity index (χ3n) is 3.54. The predicted molar refractivity (Wildman–Crippen MR) is 83.6 cm³/mol. The molecule has 0 radical (unpaired) electrons. The van der Waals surface area contributed by atoms with Gasteiger partial charge in [-0.3, -0.25) is 9.59 Å². The number of likely N-dealkylation sites (N-methyl/N-ethyl adjacent to an activating group) is 1. The van der Waals surface area contributed by atoms with Gasteiger partial charge in [-0.15, -0.1) is 0 Å². The van der Waals surface area contributed by atoms with Gasteiger partial charge >= 0.3 is 6.18 Å². The number of hydrogen-bond acceptors (Lipinski definition) is 3. The highest BCUT2D eigenvalue weighted by Crippen LogP contribution is 2.29. The summed E-state index contributed by atoms with van der Waals surface area (Å²) in [6, 6.07) is 6.79. The number of nitrogens with one attached hydrogen (secondary N) is 1. The molecular weight excluding hydrogens is 337 g/mol. The molecule has 0 saturated carbocycles. The van der Waals surface area contributed by atoms with E-state index in [2.05, 4.69) is 5.32 Å². The molecule has 0 bridgehead atoms. The van der Waals surface area contributed by atoms with Crippen LogP contribution in [-0.4, -0.2) is 29.8 Å². The fraction of sp³-hybridized carbons (Fsp3) is 0.294. The van der Waals surface area contributed by atoms with Crippen LogP contribution in [0, 0.1) is 0 Å². The Morgan fingerprint density at radius 1 is 1.20 bits per heavy atom. The Labute approximate surface area is 142 Å². The van der Waals surface area contributed by atoms with E-state index in [-0.39, 0.29) is 18.2 Å². The molecular formula is C17H17F3N2O3. The van der Waals surface area contributed by atoms with Crippen LogP contribution < -0.4 is 5.32 Å². The van der Waals surface area contributed by atoms with Crippen molar-refractivity contribution in [3.05, 3.63) is 59.5 Å². The Kier molecular flexibility index (Phi) is 5.51. The molecule has 2 amide bonds. The molecule has 0 aliphatic rings. The number of nitrogens with zero attached hydrogens (tertiary/aromatic N) is 1. The molecule has 0 fully saturated rings. The van der Waals surface area contributed by atoms with E-state index in [4.69, 9.17) is 4.42 Å². The molecule has 2 aromatic rings. The molecule has 2 rings (SSSR count). The summed E-state index contributed by atoms with van der Waals surface area (Å²) in [6.07, 6.45) is -3.05. The summed E-state index contributed by atoms with van der Waals surface area (Å²) in [4.78, 5) is 25.5. The lowest BCUT2D eigenvalue weighted by Gasteiger charge is -2.22. The number of halogens is 3. The summed E-state index contributed by atoms with van der Waals surface area (Å²) >= 11 is 0. The van der Waals surface area contributed by atoms with Crippen molar-refractivity contribution in [2.75, 3.05) is 7.05 Å². The lowest BCUT2D eigenvalue weighted by atomic mass is 10.1. The minimum absolute atomic E-state index is 0.0880. The molecule has 0 aliphatic carbocycles. The second-order valence-corrected chi connectivity index (χ2v) is 5.56. The van der Waals surface area contributed by atoms with Crippen LogP contribution in [0.15, 0.2) is 47.1 Å². The van der Waals surface area contributed by atoms with Crippen LogP contribution in [0.2, 0.25) is 0 Å². The highest BCUT2D eigenvalue weighted by Gasteiger charge is 2.30. The molecule has 5 nitrogen and oxygen atoms in total. The smallest absolute Gasteiger partial charge is 0.416 e. The van der Waals surface area contributed by atoms with Crippen molar-refractivity contribution in [3.63, 3.8) is 0 Å². The minimum atomic E-state index is -4.40. The van der Waals surface area contributed by atoms with Gasteiger partial charge in [0, 0.05) is 13.6 Å². The van der Waals surface area contributed by atoms with Gasteiger partial charge in [-0.1, -0.05) is 12.1 Å². The highest BCUT2D eigenvalue weighted by atomic mass is 19.4. The Bertz CT molecular complexity index is 725. The Hall–Kier alpha value is -2.77. The van der Waals surface area contributed by atoms with E-state index in [9.17, 15) is 22.8 Å². The van der Waals surface area contributed by atoms with Crippen molar-refractivity contribution in [1.29, 1.82) is 0 Å². The van der Waals surface area contributed by atoms with Gasteiger partial charge in [0.1, 0.15) is 6.04 Å². The topological polar surface area (TPSA) is 62.6 Å². The SMILES string of the molecule is C[C@@H](NC(=O)c1ccco1)C(=O)N(C)Cc1ccc(C(F)(F)F)cc1. The fourth-order valence-corrected chi connectivity index (χ4v) is 2.22. The summed E-state index contributed by atoms with van der Waals surface area (Å²) in [5.74, 6) is -0.807. The van der Waals surface area contributed by atoms with Crippen LogP contribution >= 0.6 is 0 Å². The molecule has 1 aromatic carbocycles. The van der Waals surface area contributed by atoms with Gasteiger partial charge in [-0.2, -0.15) is 13.2 Å². The summed E-state index contributed by atoms with van der Waals surface area (Å²) < 4.78 is 42.6. The quantitative estimate of drug-likeness (QED) is 0.898. The maximum absolute atomic E-state index is 12.5. The average molecular weight is 354 g/mol. The van der Waals surface area contributed by atoms with Crippen LogP contribution in [-0.2, 0) is 17.5 Å². The number of alkyl halides is 3. The average Bonchev–Trinajstić information content (AvgIpc) is 3.08. The molecule has 1 heterocycles. The summed E-state index contributed by atoms with van der Waals surface area (Å²) in [6.45, 7) is 1.64. The van der Waals surface area contributed by atoms with E-state index < -0.39 is 23.7 Å². The first-order valence-electron chi connectivity index (χ1n) is 7.44. The van der Waals surface area contributed by atoms with E-state index in [1.165, 1.54) is 43.3 Å². The first kappa shape index (κ1) is 18.6. The zero-order chi connectivity index (χ0) is 18.6. The zero-order valence-electron chi connectivity index (χ0n) is 13.6. The van der Waals surface area contributed by atoms with Gasteiger partial charge < -0.3 is 14.6 Å². The Morgan fingerprint density at radius 3 is 2.36 bits per heavy atom. The fourth-order valence-electron chi connectivity index (χ4n) is 2.22. The molecule has 1 atom stereocenters. The van der Waals surface area contributed by atoms with Gasteiger partial charge in [-0.25, -0.2) is 0 Å². The summed E-state index contributed by atoms with van der Waals surface area (Å²) in [7, 11) is 1.51. The molecule has 1 aromatic heterocycles. The van der Waals surface area contributed by atoms with Gasteiger partial charge in [0.25, 0.3) is 5.91 Å². The number of amides is 2. The molecule has 8 heteroatoms. The molecule has 0 spiro atoms. The second kappa shape index (κ2) is 7.42. The number of furan rings is 1. The Balaban J connectivity index is 1.94. The zero-order valence-corrected chi connectivity index (χ0v) is 13.6. The van der Waals surface area contributed by atoms with Crippen molar-refractivity contribution in [1.82, 2.24) is 10.2 Å². The van der Waals surface area contributed by atoms with E-state index in [0.29, 0.717) is 5.56 Å². The normalized spacial score (nSPS) is 12.5. The van der Waals surface area contributed by atoms with Crippen molar-refractivity contribution in [2.24, 2.45) is 0 Å². The number of carbonyl (C=O) groups is 2. The molecule has 0 aliphatic heterocycles. The van der Waals surface area contributed by atoms with E-state index in [0.717, 1.165) is 12.1 Å². The minimum Gasteiger partial charge on any atom is -0.459 e. The highest BCUT2D eigenvalue weighted by molar-refractivity contribution is 5.95. The maximum Gasteiger partial charge on any atom is 0.416 e. The standard InChI is InChI=1S/C17H17F3N2O3/c1-11(21-15(23)14-4-3-9-25-14)16(24)22(2)10-12-5-7-13(8-6-12)17(18,19)20/h3-9,11H,10H2,1-2H3,(H,21,23)/t11-/m1/s1. The summed E-state index contributed by atoms with van der Waals surface area (Å²) in [5, 5.41) is 2.51. The van der Waals surface area contributed by atoms with Gasteiger partial charge in [0.2, 0.25) is 5.91 Å². The molecule has 1 N–H and O–H groups in total. The molecule has 25 heavy (non-hydrogen) atoms. The van der Waals surface area contributed by atoms with Gasteiger partial charge in [0.05, 0.1) is 11.8 Å². The van der Waals surface area contributed by atoms with Crippen LogP contribution in [0.1, 0.15) is 28.6 Å².